The number of nitrogens with zero attached hydrogens (tertiary/aromatic N) is 3. The molecule has 0 spiro atoms. The van der Waals surface area contributed by atoms with Gasteiger partial charge in [0.2, 0.25) is 0 Å². The van der Waals surface area contributed by atoms with Crippen molar-refractivity contribution < 1.29 is 14.6 Å². The SMILES string of the molecule is COc1ccc(-c2nccc3c2[nH]c2c([N+](=O)[O-])cccc23)cc1[N+](=O)[O-]. The lowest BCUT2D eigenvalue weighted by Crippen LogP contribution is -1.95. The summed E-state index contributed by atoms with van der Waals surface area (Å²) in [4.78, 5) is 29.0. The third-order valence-corrected chi connectivity index (χ3v) is 4.38. The van der Waals surface area contributed by atoms with Gasteiger partial charge in [-0.1, -0.05) is 12.1 Å². The summed E-state index contributed by atoms with van der Waals surface area (Å²) in [5.41, 5.74) is 1.69. The number of methoxy groups -OCH3 is 1. The molecule has 1 N–H and O–H groups in total. The zero-order valence-electron chi connectivity index (χ0n) is 14.0. The first-order valence-electron chi connectivity index (χ1n) is 7.88. The number of fused-ring (bicyclic) bond motifs is 3. The van der Waals surface area contributed by atoms with Gasteiger partial charge < -0.3 is 9.72 Å². The molecule has 0 saturated heterocycles. The molecule has 0 unspecified atom stereocenters. The Morgan fingerprint density at radius 1 is 0.963 bits per heavy atom. The fraction of sp³-hybridized carbons (Fsp3) is 0.0556. The van der Waals surface area contributed by atoms with Gasteiger partial charge in [-0.2, -0.15) is 0 Å². The van der Waals surface area contributed by atoms with Gasteiger partial charge in [-0.25, -0.2) is 0 Å². The standard InChI is InChI=1S/C18H12N4O5/c1-27-15-6-5-10(9-14(15)22(25)26)16-18-12(7-8-19-16)11-3-2-4-13(21(23)24)17(11)20-18/h2-9,20H,1H3. The number of para-hydroxylation sites is 1. The molecule has 9 nitrogen and oxygen atoms in total. The van der Waals surface area contributed by atoms with E-state index < -0.39 is 9.85 Å². The van der Waals surface area contributed by atoms with Crippen molar-refractivity contribution in [1.82, 2.24) is 9.97 Å². The normalized spacial score (nSPS) is 11.0. The molecule has 134 valence electrons. The van der Waals surface area contributed by atoms with E-state index in [0.717, 1.165) is 5.39 Å². The molecule has 2 aromatic heterocycles. The molecule has 0 amide bonds. The number of hydrogen-bond acceptors (Lipinski definition) is 6. The first-order chi connectivity index (χ1) is 13.0. The quantitative estimate of drug-likeness (QED) is 0.427. The van der Waals surface area contributed by atoms with Gasteiger partial charge >= 0.3 is 5.69 Å². The molecule has 0 aliphatic carbocycles. The fourth-order valence-corrected chi connectivity index (χ4v) is 3.18. The minimum absolute atomic E-state index is 0.0460. The van der Waals surface area contributed by atoms with E-state index in [1.165, 1.54) is 25.3 Å². The molecule has 0 saturated carbocycles. The number of rotatable bonds is 4. The van der Waals surface area contributed by atoms with Crippen molar-refractivity contribution in [1.29, 1.82) is 0 Å². The molecular weight excluding hydrogens is 352 g/mol. The van der Waals surface area contributed by atoms with Crippen LogP contribution in [-0.4, -0.2) is 26.9 Å². The summed E-state index contributed by atoms with van der Waals surface area (Å²) in [7, 11) is 1.36. The maximum absolute atomic E-state index is 11.3. The van der Waals surface area contributed by atoms with Crippen molar-refractivity contribution in [3.8, 4) is 17.0 Å². The monoisotopic (exact) mass is 364 g/mol. The second-order valence-electron chi connectivity index (χ2n) is 5.81. The lowest BCUT2D eigenvalue weighted by Gasteiger charge is -2.06. The number of H-pyrrole nitrogens is 1. The fourth-order valence-electron chi connectivity index (χ4n) is 3.18. The number of benzene rings is 2. The Morgan fingerprint density at radius 3 is 2.41 bits per heavy atom. The number of aromatic amines is 1. The van der Waals surface area contributed by atoms with E-state index in [-0.39, 0.29) is 17.1 Å². The largest absolute Gasteiger partial charge is 0.490 e. The highest BCUT2D eigenvalue weighted by Crippen LogP contribution is 2.37. The summed E-state index contributed by atoms with van der Waals surface area (Å²) >= 11 is 0. The molecule has 0 aliphatic heterocycles. The second kappa shape index (κ2) is 6.06. The second-order valence-corrected chi connectivity index (χ2v) is 5.81. The van der Waals surface area contributed by atoms with Gasteiger partial charge in [0.25, 0.3) is 5.69 Å². The number of nitro benzene ring substituents is 2. The van der Waals surface area contributed by atoms with Crippen LogP contribution in [0.15, 0.2) is 48.7 Å². The van der Waals surface area contributed by atoms with Crippen LogP contribution in [0.5, 0.6) is 5.75 Å². The molecule has 2 heterocycles. The highest BCUT2D eigenvalue weighted by Gasteiger charge is 2.20. The van der Waals surface area contributed by atoms with E-state index in [2.05, 4.69) is 9.97 Å². The summed E-state index contributed by atoms with van der Waals surface area (Å²) in [5.74, 6) is 0.142. The van der Waals surface area contributed by atoms with E-state index in [1.54, 1.807) is 30.5 Å². The third kappa shape index (κ3) is 2.53. The van der Waals surface area contributed by atoms with E-state index in [9.17, 15) is 20.2 Å². The van der Waals surface area contributed by atoms with Crippen LogP contribution in [0, 0.1) is 20.2 Å². The molecular formula is C18H12N4O5. The van der Waals surface area contributed by atoms with Gasteiger partial charge in [0.1, 0.15) is 5.52 Å². The summed E-state index contributed by atoms with van der Waals surface area (Å²) in [6.07, 6.45) is 1.57. The molecule has 0 aliphatic rings. The summed E-state index contributed by atoms with van der Waals surface area (Å²) in [6, 6.07) is 11.1. The van der Waals surface area contributed by atoms with Gasteiger partial charge in [0, 0.05) is 34.7 Å². The Kier molecular flexibility index (Phi) is 3.69. The van der Waals surface area contributed by atoms with E-state index in [0.29, 0.717) is 27.7 Å². The van der Waals surface area contributed by atoms with Crippen LogP contribution in [-0.2, 0) is 0 Å². The van der Waals surface area contributed by atoms with Crippen LogP contribution in [0.3, 0.4) is 0 Å². The van der Waals surface area contributed by atoms with Crippen LogP contribution >= 0.6 is 0 Å². The molecule has 2 aromatic carbocycles. The van der Waals surface area contributed by atoms with Gasteiger partial charge in [-0.15, -0.1) is 0 Å². The zero-order chi connectivity index (χ0) is 19.1. The van der Waals surface area contributed by atoms with Crippen molar-refractivity contribution in [3.05, 3.63) is 68.9 Å². The van der Waals surface area contributed by atoms with Gasteiger partial charge in [0.15, 0.2) is 5.75 Å². The number of hydrogen-bond donors (Lipinski definition) is 1. The van der Waals surface area contributed by atoms with E-state index in [1.807, 2.05) is 0 Å². The van der Waals surface area contributed by atoms with Crippen LogP contribution in [0.1, 0.15) is 0 Å². The smallest absolute Gasteiger partial charge is 0.311 e. The number of nitrogens with one attached hydrogen (secondary N) is 1. The first-order valence-corrected chi connectivity index (χ1v) is 7.88. The Labute approximate surface area is 151 Å². The Balaban J connectivity index is 2.02. The maximum Gasteiger partial charge on any atom is 0.311 e. The Bertz CT molecular complexity index is 1230. The molecule has 4 rings (SSSR count). The first kappa shape index (κ1) is 16.5. The average Bonchev–Trinajstić information content (AvgIpc) is 3.06. The van der Waals surface area contributed by atoms with Gasteiger partial charge in [-0.3, -0.25) is 25.2 Å². The molecule has 9 heteroatoms. The van der Waals surface area contributed by atoms with Crippen molar-refractivity contribution in [2.24, 2.45) is 0 Å². The summed E-state index contributed by atoms with van der Waals surface area (Å²) in [6.45, 7) is 0. The Morgan fingerprint density at radius 2 is 1.70 bits per heavy atom. The lowest BCUT2D eigenvalue weighted by atomic mass is 10.1. The van der Waals surface area contributed by atoms with E-state index in [4.69, 9.17) is 4.74 Å². The third-order valence-electron chi connectivity index (χ3n) is 4.38. The molecule has 27 heavy (non-hydrogen) atoms. The predicted molar refractivity (Wildman–Crippen MR) is 98.9 cm³/mol. The summed E-state index contributed by atoms with van der Waals surface area (Å²) in [5, 5.41) is 24.1. The number of pyridine rings is 1. The van der Waals surface area contributed by atoms with Gasteiger partial charge in [0.05, 0.1) is 28.2 Å². The molecule has 0 radical (unpaired) electrons. The highest BCUT2D eigenvalue weighted by molar-refractivity contribution is 6.13. The minimum Gasteiger partial charge on any atom is -0.490 e. The van der Waals surface area contributed by atoms with Crippen LogP contribution in [0.25, 0.3) is 33.1 Å². The minimum atomic E-state index is -0.529. The molecule has 0 fully saturated rings. The van der Waals surface area contributed by atoms with Crippen molar-refractivity contribution in [3.63, 3.8) is 0 Å². The average molecular weight is 364 g/mol. The van der Waals surface area contributed by atoms with Crippen LogP contribution in [0.4, 0.5) is 11.4 Å². The van der Waals surface area contributed by atoms with E-state index >= 15 is 0 Å². The molecule has 0 bridgehead atoms. The van der Waals surface area contributed by atoms with Gasteiger partial charge in [-0.05, 0) is 18.2 Å². The molecule has 4 aromatic rings. The summed E-state index contributed by atoms with van der Waals surface area (Å²) < 4.78 is 5.03. The lowest BCUT2D eigenvalue weighted by molar-refractivity contribution is -0.385. The Hall–Kier alpha value is -4.01. The number of aromatic nitrogens is 2. The van der Waals surface area contributed by atoms with Crippen molar-refractivity contribution in [2.45, 2.75) is 0 Å². The maximum atomic E-state index is 11.3. The van der Waals surface area contributed by atoms with Crippen molar-refractivity contribution in [2.75, 3.05) is 7.11 Å². The number of non-ortho nitro benzene ring substituents is 1. The van der Waals surface area contributed by atoms with Crippen LogP contribution in [0.2, 0.25) is 0 Å². The number of nitro groups is 2. The van der Waals surface area contributed by atoms with Crippen molar-refractivity contribution >= 4 is 33.2 Å². The highest BCUT2D eigenvalue weighted by atomic mass is 16.6. The number of ether oxygens (including phenoxy) is 1. The molecule has 0 atom stereocenters. The topological polar surface area (TPSA) is 124 Å². The zero-order valence-corrected chi connectivity index (χ0v) is 14.0. The van der Waals surface area contributed by atoms with Crippen LogP contribution < -0.4 is 4.74 Å². The predicted octanol–water partition coefficient (Wildman–Crippen LogP) is 4.21.